The lowest BCUT2D eigenvalue weighted by Gasteiger charge is -2.37. The Balaban J connectivity index is 1.04. The average Bonchev–Trinajstić information content (AvgIpc) is 3.94. The van der Waals surface area contributed by atoms with Crippen LogP contribution in [0.1, 0.15) is 53.6 Å². The lowest BCUT2D eigenvalue weighted by atomic mass is 9.82. The van der Waals surface area contributed by atoms with Crippen molar-refractivity contribution in [1.82, 2.24) is 15.0 Å². The van der Waals surface area contributed by atoms with E-state index in [0.29, 0.717) is 31.6 Å². The van der Waals surface area contributed by atoms with Crippen LogP contribution in [-0.4, -0.2) is 59.8 Å². The number of aryl methyl sites for hydroxylation is 2. The summed E-state index contributed by atoms with van der Waals surface area (Å²) in [7, 11) is -0.711. The minimum Gasteiger partial charge on any atom is -0.497 e. The zero-order valence-electron chi connectivity index (χ0n) is 34.9. The Kier molecular flexibility index (Phi) is 11.1. The zero-order valence-corrected chi connectivity index (χ0v) is 37.5. The summed E-state index contributed by atoms with van der Waals surface area (Å²) >= 11 is 3.75. The van der Waals surface area contributed by atoms with Crippen molar-refractivity contribution in [1.29, 1.82) is 0 Å². The van der Waals surface area contributed by atoms with Crippen molar-refractivity contribution in [3.63, 3.8) is 0 Å². The summed E-state index contributed by atoms with van der Waals surface area (Å²) in [5.41, 5.74) is 6.05. The van der Waals surface area contributed by atoms with Gasteiger partial charge in [0.1, 0.15) is 5.75 Å². The third kappa shape index (κ3) is 7.22. The first kappa shape index (κ1) is 41.0. The van der Waals surface area contributed by atoms with Crippen LogP contribution in [0.25, 0.3) is 0 Å². The van der Waals surface area contributed by atoms with Gasteiger partial charge < -0.3 is 19.5 Å². The molecule has 3 aliphatic rings. The second-order valence-corrected chi connectivity index (χ2v) is 22.7. The van der Waals surface area contributed by atoms with Crippen LogP contribution < -0.4 is 19.7 Å². The second-order valence-electron chi connectivity index (χ2n) is 17.1. The summed E-state index contributed by atoms with van der Waals surface area (Å²) in [6.07, 6.45) is 3.45. The molecule has 6 aromatic rings. The molecule has 1 unspecified atom stereocenters. The number of ether oxygens (including phenoxy) is 2. The lowest BCUT2D eigenvalue weighted by Crippen LogP contribution is -2.51. The summed E-state index contributed by atoms with van der Waals surface area (Å²) in [6, 6.07) is 40.4. The number of hydrogen-bond donors (Lipinski definition) is 1. The first-order chi connectivity index (χ1) is 29.5. The van der Waals surface area contributed by atoms with Crippen LogP contribution in [0, 0.1) is 5.92 Å². The predicted molar refractivity (Wildman–Crippen MR) is 243 cm³/mol. The van der Waals surface area contributed by atoms with Gasteiger partial charge in [-0.15, -0.1) is 5.10 Å². The van der Waals surface area contributed by atoms with E-state index in [9.17, 15) is 9.90 Å². The molecule has 1 fully saturated rings. The van der Waals surface area contributed by atoms with Crippen molar-refractivity contribution in [2.75, 3.05) is 23.5 Å². The highest BCUT2D eigenvalue weighted by molar-refractivity contribution is 9.10. The largest absolute Gasteiger partial charge is 0.497 e. The van der Waals surface area contributed by atoms with Crippen molar-refractivity contribution in [2.24, 2.45) is 5.92 Å². The number of nitrogens with zero attached hydrogens (tertiary/aromatic N) is 5. The highest BCUT2D eigenvalue weighted by Crippen LogP contribution is 2.60. The van der Waals surface area contributed by atoms with Gasteiger partial charge in [0, 0.05) is 40.8 Å². The van der Waals surface area contributed by atoms with Gasteiger partial charge in [0.05, 0.1) is 57.4 Å². The van der Waals surface area contributed by atoms with Gasteiger partial charge in [-0.05, 0) is 83.6 Å². The van der Waals surface area contributed by atoms with Crippen LogP contribution >= 0.6 is 15.9 Å². The fraction of sp³-hybridized carbons (Fsp3) is 0.306. The van der Waals surface area contributed by atoms with Gasteiger partial charge in [-0.2, -0.15) is 0 Å². The molecule has 1 spiro atoms. The van der Waals surface area contributed by atoms with E-state index in [-0.39, 0.29) is 41.9 Å². The normalized spacial score (nSPS) is 21.5. The van der Waals surface area contributed by atoms with Crippen LogP contribution in [0.3, 0.4) is 0 Å². The van der Waals surface area contributed by atoms with E-state index in [1.807, 2.05) is 118 Å². The molecule has 0 saturated carbocycles. The van der Waals surface area contributed by atoms with E-state index in [1.165, 1.54) is 5.19 Å². The van der Waals surface area contributed by atoms with E-state index in [0.717, 1.165) is 56.0 Å². The Morgan fingerprint density at radius 1 is 0.918 bits per heavy atom. The first-order valence-electron chi connectivity index (χ1n) is 21.0. The Bertz CT molecular complexity index is 2570. The van der Waals surface area contributed by atoms with Gasteiger partial charge in [-0.3, -0.25) is 19.2 Å². The topological polar surface area (TPSA) is 110 Å². The van der Waals surface area contributed by atoms with E-state index in [4.69, 9.17) is 9.47 Å². The third-order valence-corrected chi connectivity index (χ3v) is 18.2. The smallest absolute Gasteiger partial charge is 0.264 e. The molecule has 4 heterocycles. The van der Waals surface area contributed by atoms with E-state index >= 15 is 4.79 Å². The van der Waals surface area contributed by atoms with Gasteiger partial charge in [-0.1, -0.05) is 119 Å². The van der Waals surface area contributed by atoms with Crippen molar-refractivity contribution >= 4 is 58.1 Å². The number of methoxy groups -OCH3 is 1. The number of halogens is 1. The van der Waals surface area contributed by atoms with Crippen LogP contribution in [0.4, 0.5) is 17.1 Å². The summed E-state index contributed by atoms with van der Waals surface area (Å²) < 4.78 is 15.7. The molecule has 1 saturated heterocycles. The Hall–Kier alpha value is -5.40. The predicted octanol–water partition coefficient (Wildman–Crippen LogP) is 8.64. The van der Waals surface area contributed by atoms with Crippen molar-refractivity contribution in [3.05, 3.63) is 160 Å². The fourth-order valence-electron chi connectivity index (χ4n) is 10.3. The number of amides is 2. The monoisotopic (exact) mass is 895 g/mol. The maximum atomic E-state index is 15.4. The van der Waals surface area contributed by atoms with Crippen LogP contribution in [0.5, 0.6) is 5.75 Å². The molecule has 5 atom stereocenters. The number of hydrogen-bond acceptors (Lipinski definition) is 7. The van der Waals surface area contributed by atoms with E-state index in [2.05, 4.69) is 70.5 Å². The molecule has 0 aliphatic carbocycles. The number of anilines is 3. The molecule has 3 aliphatic heterocycles. The van der Waals surface area contributed by atoms with Gasteiger partial charge >= 0.3 is 0 Å². The van der Waals surface area contributed by atoms with Gasteiger partial charge in [0.25, 0.3) is 5.91 Å². The summed E-state index contributed by atoms with van der Waals surface area (Å²) in [5.74, 6) is 0.346. The summed E-state index contributed by atoms with van der Waals surface area (Å²) in [5, 5.41) is 20.6. The number of carbonyl (C=O) groups excluding carboxylic acids is 2. The maximum absolute atomic E-state index is 15.4. The third-order valence-electron chi connectivity index (χ3n) is 13.4. The lowest BCUT2D eigenvalue weighted by molar-refractivity contribution is -0.146. The molecule has 1 aromatic heterocycles. The SMILES string of the molecule is COc1ccc([Si](C)(C)[C@@H]2[C@@H](CCn3cc(C(CO)c4ccccc4)nn3)O[C@]3(C(=O)N(Cc4ccc(N5C(=O)CCc6ccccc65)cc4)c4ccc(Br)cc43)[C@H]2C)cc1. The maximum Gasteiger partial charge on any atom is 0.264 e. The van der Waals surface area contributed by atoms with Gasteiger partial charge in [-0.25, -0.2) is 0 Å². The Labute approximate surface area is 366 Å². The average molecular weight is 897 g/mol. The molecule has 12 heteroatoms. The van der Waals surface area contributed by atoms with Crippen LogP contribution in [0.15, 0.2) is 132 Å². The minimum absolute atomic E-state index is 0.0402. The number of fused-ring (bicyclic) bond motifs is 3. The minimum atomic E-state index is -2.39. The molecule has 9 rings (SSSR count). The molecule has 0 bridgehead atoms. The number of para-hydroxylation sites is 1. The van der Waals surface area contributed by atoms with Crippen molar-refractivity contribution in [3.8, 4) is 5.75 Å². The first-order valence-corrected chi connectivity index (χ1v) is 24.9. The molecule has 312 valence electrons. The number of aromatic nitrogens is 3. The van der Waals surface area contributed by atoms with Crippen molar-refractivity contribution < 1.29 is 24.2 Å². The molecule has 2 amide bonds. The Morgan fingerprint density at radius 3 is 2.39 bits per heavy atom. The van der Waals surface area contributed by atoms with E-state index < -0.39 is 13.7 Å². The molecule has 10 nitrogen and oxygen atoms in total. The molecule has 1 N–H and O–H groups in total. The molecule has 61 heavy (non-hydrogen) atoms. The standard InChI is InChI=1S/C49H50BrN5O5Si/c1-32-47(61(3,4)39-22-20-38(59-2)21-23-39)45(26-27-53-30-42(51-52-53)40(31-56)34-10-6-5-7-11-34)60-49(32)41-28-36(50)17-24-44(41)54(48(49)58)29-33-14-18-37(19-15-33)55-43-13-9-8-12-35(43)16-25-46(55)57/h5-15,17-24,28,30,32,40,45,47,56H,16,25-27,29,31H2,1-4H3/t32-,40?,45+,47-,49+/m0/s1. The van der Waals surface area contributed by atoms with Gasteiger partial charge in [0.2, 0.25) is 5.91 Å². The molecular formula is C49H50BrN5O5Si. The van der Waals surface area contributed by atoms with Gasteiger partial charge in [0.15, 0.2) is 5.60 Å². The number of rotatable bonds is 12. The molecule has 0 radical (unpaired) electrons. The second kappa shape index (κ2) is 16.5. The highest BCUT2D eigenvalue weighted by Gasteiger charge is 2.66. The summed E-state index contributed by atoms with van der Waals surface area (Å²) in [4.78, 5) is 32.3. The highest BCUT2D eigenvalue weighted by atomic mass is 79.9. The number of benzene rings is 5. The van der Waals surface area contributed by atoms with Crippen LogP contribution in [0.2, 0.25) is 18.6 Å². The van der Waals surface area contributed by atoms with E-state index in [1.54, 1.807) is 7.11 Å². The quantitative estimate of drug-likeness (QED) is 0.123. The summed E-state index contributed by atoms with van der Waals surface area (Å²) in [6.45, 7) is 7.77. The zero-order chi connectivity index (χ0) is 42.5. The van der Waals surface area contributed by atoms with Crippen LogP contribution in [-0.2, 0) is 39.4 Å². The molecule has 5 aromatic carbocycles. The number of aliphatic hydroxyl groups excluding tert-OH is 1. The molecular weight excluding hydrogens is 847 g/mol. The number of aliphatic hydroxyl groups is 1. The number of carbonyl (C=O) groups is 2. The fourth-order valence-corrected chi connectivity index (χ4v) is 14.7. The Morgan fingerprint density at radius 2 is 1.66 bits per heavy atom. The van der Waals surface area contributed by atoms with Crippen molar-refractivity contribution in [2.45, 2.75) is 75.5 Å².